The van der Waals surface area contributed by atoms with Gasteiger partial charge >= 0.3 is 0 Å². The molecule has 2 aromatic rings. The fourth-order valence-electron chi connectivity index (χ4n) is 2.64. The van der Waals surface area contributed by atoms with Crippen LogP contribution in [0.4, 0.5) is 4.39 Å². The highest BCUT2D eigenvalue weighted by Gasteiger charge is 2.17. The second kappa shape index (κ2) is 7.97. The van der Waals surface area contributed by atoms with Gasteiger partial charge in [0.05, 0.1) is 13.2 Å². The van der Waals surface area contributed by atoms with Crippen LogP contribution in [0.15, 0.2) is 42.5 Å². The van der Waals surface area contributed by atoms with Gasteiger partial charge in [0.25, 0.3) is 0 Å². The monoisotopic (exact) mass is 317 g/mol. The Kier molecular flexibility index (Phi) is 5.99. The van der Waals surface area contributed by atoms with Crippen LogP contribution in [0.25, 0.3) is 0 Å². The number of halogens is 1. The zero-order valence-electron chi connectivity index (χ0n) is 13.9. The van der Waals surface area contributed by atoms with Gasteiger partial charge < -0.3 is 15.2 Å². The minimum atomic E-state index is -0.241. The Bertz CT molecular complexity index is 626. The van der Waals surface area contributed by atoms with Gasteiger partial charge in [0, 0.05) is 5.92 Å². The first kappa shape index (κ1) is 17.3. The van der Waals surface area contributed by atoms with Crippen LogP contribution in [0.5, 0.6) is 11.5 Å². The Morgan fingerprint density at radius 1 is 1.09 bits per heavy atom. The molecule has 0 aromatic heterocycles. The van der Waals surface area contributed by atoms with Crippen LogP contribution in [0.2, 0.25) is 0 Å². The molecule has 0 saturated carbocycles. The van der Waals surface area contributed by atoms with E-state index in [1.165, 1.54) is 12.1 Å². The summed E-state index contributed by atoms with van der Waals surface area (Å²) in [5.74, 6) is 1.32. The highest BCUT2D eigenvalue weighted by Crippen LogP contribution is 2.34. The minimum absolute atomic E-state index is 0.0709. The van der Waals surface area contributed by atoms with Crippen LogP contribution in [0.3, 0.4) is 0 Å². The third-order valence-electron chi connectivity index (χ3n) is 3.72. The number of methoxy groups -OCH3 is 1. The summed E-state index contributed by atoms with van der Waals surface area (Å²) in [7, 11) is 1.64. The van der Waals surface area contributed by atoms with E-state index in [1.807, 2.05) is 32.0 Å². The molecule has 0 aliphatic carbocycles. The number of rotatable bonds is 7. The maximum absolute atomic E-state index is 13.1. The van der Waals surface area contributed by atoms with E-state index in [1.54, 1.807) is 19.2 Å². The summed E-state index contributed by atoms with van der Waals surface area (Å²) >= 11 is 0. The first-order valence-electron chi connectivity index (χ1n) is 7.83. The molecule has 0 amide bonds. The summed E-state index contributed by atoms with van der Waals surface area (Å²) in [4.78, 5) is 0. The summed E-state index contributed by atoms with van der Waals surface area (Å²) in [6.07, 6.45) is 0.780. The van der Waals surface area contributed by atoms with E-state index in [0.29, 0.717) is 13.0 Å². The largest absolute Gasteiger partial charge is 0.493 e. The molecule has 0 saturated heterocycles. The standard InChI is InChI=1S/C19H24FNO2/c1-13(2)23-18-6-4-5-15(19(18)22-3)11-16(12-21)14-7-9-17(20)10-8-14/h4-10,13,16H,11-12,21H2,1-3H3. The molecule has 2 N–H and O–H groups in total. The van der Waals surface area contributed by atoms with E-state index in [9.17, 15) is 4.39 Å². The Hall–Kier alpha value is -2.07. The zero-order chi connectivity index (χ0) is 16.8. The molecule has 0 fully saturated rings. The van der Waals surface area contributed by atoms with Crippen LogP contribution in [0, 0.1) is 5.82 Å². The smallest absolute Gasteiger partial charge is 0.163 e. The van der Waals surface area contributed by atoms with Crippen LogP contribution >= 0.6 is 0 Å². The van der Waals surface area contributed by atoms with E-state index in [4.69, 9.17) is 15.2 Å². The van der Waals surface area contributed by atoms with Crippen LogP contribution in [-0.4, -0.2) is 19.8 Å². The predicted molar refractivity (Wildman–Crippen MR) is 90.7 cm³/mol. The van der Waals surface area contributed by atoms with Gasteiger partial charge in [-0.2, -0.15) is 0 Å². The second-order valence-corrected chi connectivity index (χ2v) is 5.80. The molecule has 0 radical (unpaired) electrons. The average molecular weight is 317 g/mol. The van der Waals surface area contributed by atoms with Gasteiger partial charge in [-0.3, -0.25) is 0 Å². The Labute approximate surface area is 137 Å². The number of para-hydroxylation sites is 1. The molecular formula is C19H24FNO2. The van der Waals surface area contributed by atoms with Gasteiger partial charge in [-0.05, 0) is 56.1 Å². The fourth-order valence-corrected chi connectivity index (χ4v) is 2.64. The van der Waals surface area contributed by atoms with Gasteiger partial charge in [-0.1, -0.05) is 24.3 Å². The summed E-state index contributed by atoms with van der Waals surface area (Å²) in [6.45, 7) is 4.44. The van der Waals surface area contributed by atoms with Crippen molar-refractivity contribution in [2.45, 2.75) is 32.3 Å². The van der Waals surface area contributed by atoms with Crippen LogP contribution < -0.4 is 15.2 Å². The van der Waals surface area contributed by atoms with Crippen molar-refractivity contribution in [3.05, 3.63) is 59.4 Å². The van der Waals surface area contributed by atoms with Crippen molar-refractivity contribution in [3.63, 3.8) is 0 Å². The van der Waals surface area contributed by atoms with Crippen molar-refractivity contribution in [1.29, 1.82) is 0 Å². The van der Waals surface area contributed by atoms with Crippen LogP contribution in [-0.2, 0) is 6.42 Å². The number of hydrogen-bond donors (Lipinski definition) is 1. The molecule has 3 nitrogen and oxygen atoms in total. The number of benzene rings is 2. The van der Waals surface area contributed by atoms with E-state index in [0.717, 1.165) is 22.6 Å². The van der Waals surface area contributed by atoms with Gasteiger partial charge in [-0.15, -0.1) is 0 Å². The minimum Gasteiger partial charge on any atom is -0.493 e. The zero-order valence-corrected chi connectivity index (χ0v) is 13.9. The van der Waals surface area contributed by atoms with Crippen molar-refractivity contribution in [2.75, 3.05) is 13.7 Å². The molecule has 1 atom stereocenters. The quantitative estimate of drug-likeness (QED) is 0.842. The van der Waals surface area contributed by atoms with Crippen molar-refractivity contribution in [2.24, 2.45) is 5.73 Å². The normalized spacial score (nSPS) is 12.3. The lowest BCUT2D eigenvalue weighted by atomic mass is 9.91. The Balaban J connectivity index is 2.28. The van der Waals surface area contributed by atoms with E-state index >= 15 is 0 Å². The molecule has 2 aromatic carbocycles. The Morgan fingerprint density at radius 2 is 1.78 bits per heavy atom. The maximum Gasteiger partial charge on any atom is 0.163 e. The van der Waals surface area contributed by atoms with Gasteiger partial charge in [0.2, 0.25) is 0 Å². The lowest BCUT2D eigenvalue weighted by Gasteiger charge is -2.20. The lowest BCUT2D eigenvalue weighted by Crippen LogP contribution is -2.16. The van der Waals surface area contributed by atoms with Crippen molar-refractivity contribution < 1.29 is 13.9 Å². The van der Waals surface area contributed by atoms with Gasteiger partial charge in [0.1, 0.15) is 5.82 Å². The molecule has 2 rings (SSSR count). The van der Waals surface area contributed by atoms with Crippen molar-refractivity contribution in [1.82, 2.24) is 0 Å². The SMILES string of the molecule is COc1c(CC(CN)c2ccc(F)cc2)cccc1OC(C)C. The van der Waals surface area contributed by atoms with Crippen molar-refractivity contribution in [3.8, 4) is 11.5 Å². The van der Waals surface area contributed by atoms with Crippen LogP contribution in [0.1, 0.15) is 30.9 Å². The summed E-state index contributed by atoms with van der Waals surface area (Å²) in [5, 5.41) is 0. The molecule has 0 heterocycles. The van der Waals surface area contributed by atoms with E-state index in [2.05, 4.69) is 0 Å². The Morgan fingerprint density at radius 3 is 2.35 bits per heavy atom. The fraction of sp³-hybridized carbons (Fsp3) is 0.368. The molecule has 0 bridgehead atoms. The average Bonchev–Trinajstić information content (AvgIpc) is 2.53. The number of hydrogen-bond acceptors (Lipinski definition) is 3. The molecule has 1 unspecified atom stereocenters. The molecule has 0 spiro atoms. The molecule has 23 heavy (non-hydrogen) atoms. The van der Waals surface area contributed by atoms with E-state index in [-0.39, 0.29) is 17.8 Å². The first-order chi connectivity index (χ1) is 11.0. The maximum atomic E-state index is 13.1. The van der Waals surface area contributed by atoms with E-state index < -0.39 is 0 Å². The first-order valence-corrected chi connectivity index (χ1v) is 7.83. The molecular weight excluding hydrogens is 293 g/mol. The third kappa shape index (κ3) is 4.45. The predicted octanol–water partition coefficient (Wildman–Crippen LogP) is 3.91. The van der Waals surface area contributed by atoms with Crippen molar-refractivity contribution >= 4 is 0 Å². The highest BCUT2D eigenvalue weighted by atomic mass is 19.1. The molecule has 0 aliphatic heterocycles. The second-order valence-electron chi connectivity index (χ2n) is 5.80. The number of nitrogens with two attached hydrogens (primary N) is 1. The molecule has 4 heteroatoms. The summed E-state index contributed by atoms with van der Waals surface area (Å²) < 4.78 is 24.5. The van der Waals surface area contributed by atoms with Gasteiger partial charge in [0.15, 0.2) is 11.5 Å². The summed E-state index contributed by atoms with van der Waals surface area (Å²) in [5.41, 5.74) is 7.99. The lowest BCUT2D eigenvalue weighted by molar-refractivity contribution is 0.229. The molecule has 0 aliphatic rings. The third-order valence-corrected chi connectivity index (χ3v) is 3.72. The summed E-state index contributed by atoms with van der Waals surface area (Å²) in [6, 6.07) is 12.4. The number of ether oxygens (including phenoxy) is 2. The van der Waals surface area contributed by atoms with Gasteiger partial charge in [-0.25, -0.2) is 4.39 Å². The molecule has 124 valence electrons. The highest BCUT2D eigenvalue weighted by molar-refractivity contribution is 5.47. The topological polar surface area (TPSA) is 44.5 Å².